The third kappa shape index (κ3) is 4.84. The Kier molecular flexibility index (Phi) is 4.59. The molecule has 0 saturated heterocycles. The number of hydrogen-bond acceptors (Lipinski definition) is 5. The van der Waals surface area contributed by atoms with Gasteiger partial charge in [0.2, 0.25) is 0 Å². The topological polar surface area (TPSA) is 70.6 Å². The number of nitrogens with one attached hydrogen (secondary N) is 2. The van der Waals surface area contributed by atoms with Crippen LogP contribution >= 0.6 is 0 Å². The van der Waals surface area contributed by atoms with Crippen molar-refractivity contribution in [3.63, 3.8) is 0 Å². The van der Waals surface area contributed by atoms with Crippen LogP contribution in [-0.4, -0.2) is 30.1 Å². The highest BCUT2D eigenvalue weighted by atomic mass is 16.6. The van der Waals surface area contributed by atoms with Crippen LogP contribution in [-0.2, 0) is 9.53 Å². The number of rotatable bonds is 5. The third-order valence-corrected chi connectivity index (χ3v) is 1.45. The zero-order chi connectivity index (χ0) is 11.4. The second-order valence-electron chi connectivity index (χ2n) is 3.45. The van der Waals surface area contributed by atoms with Crippen molar-refractivity contribution >= 4 is 5.97 Å². The molecule has 0 aromatic carbocycles. The zero-order valence-corrected chi connectivity index (χ0v) is 9.05. The van der Waals surface area contributed by atoms with Gasteiger partial charge in [-0.25, -0.2) is 4.79 Å². The van der Waals surface area contributed by atoms with Crippen molar-refractivity contribution in [3.8, 4) is 0 Å². The Hall–Kier alpha value is -1.07. The van der Waals surface area contributed by atoms with Crippen LogP contribution in [0.2, 0.25) is 0 Å². The van der Waals surface area contributed by atoms with Crippen LogP contribution in [0.4, 0.5) is 0 Å². The first-order valence-electron chi connectivity index (χ1n) is 4.34. The lowest BCUT2D eigenvalue weighted by Gasteiger charge is -2.28. The van der Waals surface area contributed by atoms with Gasteiger partial charge >= 0.3 is 5.97 Å². The molecule has 0 rings (SSSR count). The average Bonchev–Trinajstić information content (AvgIpc) is 1.99. The highest BCUT2D eigenvalue weighted by molar-refractivity contribution is 5.87. The number of ether oxygens (including phenoxy) is 1. The van der Waals surface area contributed by atoms with Gasteiger partial charge in [-0.2, -0.15) is 0 Å². The van der Waals surface area contributed by atoms with Crippen LogP contribution in [0.25, 0.3) is 0 Å². The van der Waals surface area contributed by atoms with E-state index in [0.29, 0.717) is 0 Å². The molecule has 1 unspecified atom stereocenters. The molecule has 82 valence electrons. The molecule has 0 aliphatic heterocycles. The predicted octanol–water partition coefficient (Wildman–Crippen LogP) is -0.0733. The Morgan fingerprint density at radius 1 is 1.57 bits per heavy atom. The molecule has 5 nitrogen and oxygen atoms in total. The standard InChI is InChI=1S/C9H18N2O3/c1-6(10-5)8(13)14-9(3,4)11-7(2)12/h7,10-12H,1H2,2-5H3. The van der Waals surface area contributed by atoms with Gasteiger partial charge in [0.05, 0.1) is 0 Å². The number of aliphatic hydroxyl groups excluding tert-OH is 1. The number of likely N-dealkylation sites (N-methyl/N-ethyl adjacent to an activating group) is 1. The van der Waals surface area contributed by atoms with Crippen molar-refractivity contribution in [2.45, 2.75) is 32.7 Å². The molecule has 0 aromatic rings. The summed E-state index contributed by atoms with van der Waals surface area (Å²) in [6.45, 7) is 8.28. The van der Waals surface area contributed by atoms with E-state index in [4.69, 9.17) is 9.84 Å². The minimum atomic E-state index is -0.926. The Morgan fingerprint density at radius 2 is 2.07 bits per heavy atom. The van der Waals surface area contributed by atoms with Crippen molar-refractivity contribution < 1.29 is 14.6 Å². The number of esters is 1. The fraction of sp³-hybridized carbons (Fsp3) is 0.667. The Morgan fingerprint density at radius 3 is 2.43 bits per heavy atom. The molecule has 14 heavy (non-hydrogen) atoms. The summed E-state index contributed by atoms with van der Waals surface area (Å²) in [6.07, 6.45) is -0.749. The molecule has 1 atom stereocenters. The highest BCUT2D eigenvalue weighted by Gasteiger charge is 2.24. The van der Waals surface area contributed by atoms with E-state index in [1.54, 1.807) is 27.8 Å². The van der Waals surface area contributed by atoms with E-state index in [0.717, 1.165) is 0 Å². The number of carbonyl (C=O) groups is 1. The van der Waals surface area contributed by atoms with Gasteiger partial charge in [-0.1, -0.05) is 6.58 Å². The molecule has 3 N–H and O–H groups in total. The first-order valence-corrected chi connectivity index (χ1v) is 4.34. The summed E-state index contributed by atoms with van der Waals surface area (Å²) in [5, 5.41) is 14.3. The summed E-state index contributed by atoms with van der Waals surface area (Å²) in [4.78, 5) is 11.3. The molecule has 0 radical (unpaired) electrons. The molecule has 0 fully saturated rings. The second kappa shape index (κ2) is 4.97. The van der Waals surface area contributed by atoms with Crippen molar-refractivity contribution in [2.24, 2.45) is 0 Å². The summed E-state index contributed by atoms with van der Waals surface area (Å²) in [5.41, 5.74) is -0.754. The summed E-state index contributed by atoms with van der Waals surface area (Å²) in [5.74, 6) is -0.550. The molecule has 0 heterocycles. The van der Waals surface area contributed by atoms with Gasteiger partial charge in [-0.15, -0.1) is 0 Å². The SMILES string of the molecule is C=C(NC)C(=O)OC(C)(C)NC(C)O. The van der Waals surface area contributed by atoms with Crippen LogP contribution < -0.4 is 10.6 Å². The predicted molar refractivity (Wildman–Crippen MR) is 53.2 cm³/mol. The second-order valence-corrected chi connectivity index (χ2v) is 3.45. The monoisotopic (exact) mass is 202 g/mol. The maximum Gasteiger partial charge on any atom is 0.355 e. The van der Waals surface area contributed by atoms with Gasteiger partial charge in [0.1, 0.15) is 11.9 Å². The normalized spacial score (nSPS) is 13.2. The molecule has 0 amide bonds. The van der Waals surface area contributed by atoms with Gasteiger partial charge in [0, 0.05) is 7.05 Å². The molecule has 0 spiro atoms. The Bertz CT molecular complexity index is 224. The highest BCUT2D eigenvalue weighted by Crippen LogP contribution is 2.07. The fourth-order valence-electron chi connectivity index (χ4n) is 0.928. The van der Waals surface area contributed by atoms with Crippen LogP contribution in [0.1, 0.15) is 20.8 Å². The molecule has 0 aromatic heterocycles. The van der Waals surface area contributed by atoms with Crippen molar-refractivity contribution in [1.82, 2.24) is 10.6 Å². The molecule has 0 aliphatic rings. The molecular weight excluding hydrogens is 184 g/mol. The minimum Gasteiger partial charge on any atom is -0.440 e. The summed E-state index contributed by atoms with van der Waals surface area (Å²) in [6, 6.07) is 0. The minimum absolute atomic E-state index is 0.172. The first-order chi connectivity index (χ1) is 6.28. The largest absolute Gasteiger partial charge is 0.440 e. The molecule has 0 saturated carbocycles. The van der Waals surface area contributed by atoms with E-state index < -0.39 is 17.9 Å². The van der Waals surface area contributed by atoms with E-state index in [2.05, 4.69) is 17.2 Å². The molecule has 0 bridgehead atoms. The van der Waals surface area contributed by atoms with Gasteiger partial charge in [0.15, 0.2) is 5.72 Å². The zero-order valence-electron chi connectivity index (χ0n) is 9.05. The Labute approximate surface area is 84.1 Å². The van der Waals surface area contributed by atoms with Gasteiger partial charge < -0.3 is 15.2 Å². The lowest BCUT2D eigenvalue weighted by Crippen LogP contribution is -2.48. The lowest BCUT2D eigenvalue weighted by atomic mass is 10.3. The summed E-state index contributed by atoms with van der Waals surface area (Å²) < 4.78 is 5.03. The third-order valence-electron chi connectivity index (χ3n) is 1.45. The summed E-state index contributed by atoms with van der Waals surface area (Å²) in [7, 11) is 1.58. The van der Waals surface area contributed by atoms with E-state index >= 15 is 0 Å². The fourth-order valence-corrected chi connectivity index (χ4v) is 0.928. The van der Waals surface area contributed by atoms with Crippen molar-refractivity contribution in [1.29, 1.82) is 0 Å². The Balaban J connectivity index is 4.21. The van der Waals surface area contributed by atoms with E-state index in [9.17, 15) is 4.79 Å². The van der Waals surface area contributed by atoms with E-state index in [-0.39, 0.29) is 5.70 Å². The quantitative estimate of drug-likeness (QED) is 0.330. The smallest absolute Gasteiger partial charge is 0.355 e. The van der Waals surface area contributed by atoms with Gasteiger partial charge in [-0.3, -0.25) is 5.32 Å². The van der Waals surface area contributed by atoms with E-state index in [1.807, 2.05) is 0 Å². The number of carbonyl (C=O) groups excluding carboxylic acids is 1. The van der Waals surface area contributed by atoms with E-state index in [1.165, 1.54) is 0 Å². The lowest BCUT2D eigenvalue weighted by molar-refractivity contribution is -0.158. The molecule has 5 heteroatoms. The van der Waals surface area contributed by atoms with Crippen LogP contribution in [0.15, 0.2) is 12.3 Å². The maximum absolute atomic E-state index is 11.3. The van der Waals surface area contributed by atoms with Crippen LogP contribution in [0.5, 0.6) is 0 Å². The van der Waals surface area contributed by atoms with Crippen molar-refractivity contribution in [3.05, 3.63) is 12.3 Å². The summed E-state index contributed by atoms with van der Waals surface area (Å²) >= 11 is 0. The number of hydrogen-bond donors (Lipinski definition) is 3. The van der Waals surface area contributed by atoms with Crippen LogP contribution in [0.3, 0.4) is 0 Å². The van der Waals surface area contributed by atoms with Crippen molar-refractivity contribution in [2.75, 3.05) is 7.05 Å². The first kappa shape index (κ1) is 12.9. The molecule has 0 aliphatic carbocycles. The van der Waals surface area contributed by atoms with Gasteiger partial charge in [-0.05, 0) is 20.8 Å². The molecular formula is C9H18N2O3. The average molecular weight is 202 g/mol. The number of aliphatic hydroxyl groups is 1. The van der Waals surface area contributed by atoms with Crippen LogP contribution in [0, 0.1) is 0 Å². The maximum atomic E-state index is 11.3. The van der Waals surface area contributed by atoms with Gasteiger partial charge in [0.25, 0.3) is 0 Å².